The van der Waals surface area contributed by atoms with Crippen molar-refractivity contribution in [1.82, 2.24) is 0 Å². The van der Waals surface area contributed by atoms with Gasteiger partial charge in [0.25, 0.3) is 5.91 Å². The molecule has 0 saturated carbocycles. The Bertz CT molecular complexity index is 971. The van der Waals surface area contributed by atoms with E-state index in [4.69, 9.17) is 16.4 Å². The number of nitrogens with one attached hydrogen (secondary N) is 1. The van der Waals surface area contributed by atoms with Crippen molar-refractivity contribution in [2.24, 2.45) is 5.16 Å². The van der Waals surface area contributed by atoms with Crippen LogP contribution in [0, 0.1) is 0 Å². The average molecular weight is 398 g/mol. The van der Waals surface area contributed by atoms with Crippen LogP contribution in [-0.2, 0) is 20.8 Å². The smallest absolute Gasteiger partial charge is 0.268 e. The number of anilines is 2. The second-order valence-electron chi connectivity index (χ2n) is 7.12. The van der Waals surface area contributed by atoms with E-state index in [1.807, 2.05) is 31.2 Å². The van der Waals surface area contributed by atoms with Crippen molar-refractivity contribution in [3.05, 3.63) is 58.6 Å². The molecule has 0 radical (unpaired) electrons. The molecule has 6 nitrogen and oxygen atoms in total. The summed E-state index contributed by atoms with van der Waals surface area (Å²) in [4.78, 5) is 31.5. The highest BCUT2D eigenvalue weighted by atomic mass is 35.5. The summed E-state index contributed by atoms with van der Waals surface area (Å²) in [6.45, 7) is 3.58. The zero-order chi connectivity index (χ0) is 19.8. The van der Waals surface area contributed by atoms with Gasteiger partial charge in [-0.3, -0.25) is 9.59 Å². The summed E-state index contributed by atoms with van der Waals surface area (Å²) in [6, 6.07) is 13.0. The molecule has 2 aliphatic rings. The van der Waals surface area contributed by atoms with Crippen molar-refractivity contribution in [3.8, 4) is 0 Å². The summed E-state index contributed by atoms with van der Waals surface area (Å²) in [7, 11) is 0. The lowest BCUT2D eigenvalue weighted by molar-refractivity contribution is -0.125. The third-order valence-corrected chi connectivity index (χ3v) is 5.29. The molecular formula is C21H20ClN3O3. The SMILES string of the molecule is CC(=O)N1c2ccc(NC(=O)[C@@H]3CC(c4ccc(Cl)cc4)=NO3)cc2C[C@H]1C. The van der Waals surface area contributed by atoms with Crippen molar-refractivity contribution in [3.63, 3.8) is 0 Å². The molecule has 2 aromatic rings. The Kier molecular flexibility index (Phi) is 4.81. The predicted octanol–water partition coefficient (Wildman–Crippen LogP) is 3.77. The van der Waals surface area contributed by atoms with E-state index < -0.39 is 6.10 Å². The lowest BCUT2D eigenvalue weighted by Crippen LogP contribution is -2.33. The molecule has 0 aromatic heterocycles. The van der Waals surface area contributed by atoms with Crippen LogP contribution >= 0.6 is 11.6 Å². The minimum atomic E-state index is -0.674. The summed E-state index contributed by atoms with van der Waals surface area (Å²) < 4.78 is 0. The Labute approximate surface area is 168 Å². The zero-order valence-corrected chi connectivity index (χ0v) is 16.4. The monoisotopic (exact) mass is 397 g/mol. The maximum atomic E-state index is 12.6. The number of hydrogen-bond donors (Lipinski definition) is 1. The highest BCUT2D eigenvalue weighted by Crippen LogP contribution is 2.34. The maximum absolute atomic E-state index is 12.6. The van der Waals surface area contributed by atoms with Gasteiger partial charge in [-0.25, -0.2) is 0 Å². The number of carbonyl (C=O) groups is 2. The quantitative estimate of drug-likeness (QED) is 0.856. The number of hydrogen-bond acceptors (Lipinski definition) is 4. The molecular weight excluding hydrogens is 378 g/mol. The number of halogens is 1. The van der Waals surface area contributed by atoms with E-state index in [2.05, 4.69) is 10.5 Å². The van der Waals surface area contributed by atoms with Gasteiger partial charge in [0.05, 0.1) is 5.71 Å². The van der Waals surface area contributed by atoms with E-state index in [-0.39, 0.29) is 17.9 Å². The molecule has 2 amide bonds. The largest absolute Gasteiger partial charge is 0.382 e. The molecule has 2 aliphatic heterocycles. The van der Waals surface area contributed by atoms with Crippen LogP contribution in [0.25, 0.3) is 0 Å². The van der Waals surface area contributed by atoms with Crippen molar-refractivity contribution >= 4 is 40.5 Å². The fraction of sp³-hybridized carbons (Fsp3) is 0.286. The van der Waals surface area contributed by atoms with E-state index in [0.29, 0.717) is 17.1 Å². The Hall–Kier alpha value is -2.86. The van der Waals surface area contributed by atoms with E-state index in [1.54, 1.807) is 30.0 Å². The molecule has 28 heavy (non-hydrogen) atoms. The van der Waals surface area contributed by atoms with E-state index in [1.165, 1.54) is 0 Å². The Balaban J connectivity index is 1.42. The fourth-order valence-electron chi connectivity index (χ4n) is 3.74. The van der Waals surface area contributed by atoms with Crippen LogP contribution in [0.15, 0.2) is 47.6 Å². The second-order valence-corrected chi connectivity index (χ2v) is 7.55. The molecule has 0 unspecified atom stereocenters. The van der Waals surface area contributed by atoms with Crippen molar-refractivity contribution in [2.45, 2.75) is 38.8 Å². The number of benzene rings is 2. The minimum Gasteiger partial charge on any atom is -0.382 e. The summed E-state index contributed by atoms with van der Waals surface area (Å²) in [5, 5.41) is 7.58. The molecule has 7 heteroatoms. The molecule has 0 aliphatic carbocycles. The normalized spacial score (nSPS) is 20.4. The third kappa shape index (κ3) is 3.47. The number of carbonyl (C=O) groups excluding carboxylic acids is 2. The van der Waals surface area contributed by atoms with Crippen molar-refractivity contribution in [2.75, 3.05) is 10.2 Å². The van der Waals surface area contributed by atoms with Gasteiger partial charge < -0.3 is 15.1 Å². The molecule has 0 bridgehead atoms. The van der Waals surface area contributed by atoms with Gasteiger partial charge in [-0.05, 0) is 54.8 Å². The molecule has 2 heterocycles. The van der Waals surface area contributed by atoms with E-state index in [0.717, 1.165) is 28.9 Å². The predicted molar refractivity (Wildman–Crippen MR) is 109 cm³/mol. The number of rotatable bonds is 3. The summed E-state index contributed by atoms with van der Waals surface area (Å²) in [5.74, 6) is -0.226. The average Bonchev–Trinajstić information content (AvgIpc) is 3.26. The standard InChI is InChI=1S/C21H20ClN3O3/c1-12-9-15-10-17(7-8-19(15)25(12)13(2)26)23-21(27)20-11-18(24-28-20)14-3-5-16(22)6-4-14/h3-8,10,12,20H,9,11H2,1-2H3,(H,23,27)/t12-,20+/m1/s1. The Morgan fingerprint density at radius 2 is 1.93 bits per heavy atom. The first-order valence-electron chi connectivity index (χ1n) is 9.14. The number of nitrogens with zero attached hydrogens (tertiary/aromatic N) is 2. The molecule has 2 aromatic carbocycles. The van der Waals surface area contributed by atoms with E-state index in [9.17, 15) is 9.59 Å². The van der Waals surface area contributed by atoms with Gasteiger partial charge in [-0.1, -0.05) is 28.9 Å². The van der Waals surface area contributed by atoms with Gasteiger partial charge in [0.15, 0.2) is 0 Å². The lowest BCUT2D eigenvalue weighted by atomic mass is 10.0. The highest BCUT2D eigenvalue weighted by Gasteiger charge is 2.31. The van der Waals surface area contributed by atoms with Gasteiger partial charge in [0.1, 0.15) is 0 Å². The lowest BCUT2D eigenvalue weighted by Gasteiger charge is -2.20. The van der Waals surface area contributed by atoms with Crippen LogP contribution in [0.3, 0.4) is 0 Å². The number of fused-ring (bicyclic) bond motifs is 1. The molecule has 4 rings (SSSR count). The first-order chi connectivity index (χ1) is 13.4. The molecule has 1 N–H and O–H groups in total. The van der Waals surface area contributed by atoms with Crippen LogP contribution in [0.5, 0.6) is 0 Å². The fourth-order valence-corrected chi connectivity index (χ4v) is 3.87. The van der Waals surface area contributed by atoms with Crippen LogP contribution < -0.4 is 10.2 Å². The van der Waals surface area contributed by atoms with Crippen LogP contribution in [0.1, 0.15) is 31.4 Å². The first-order valence-corrected chi connectivity index (χ1v) is 9.52. The van der Waals surface area contributed by atoms with Gasteiger partial charge in [0.2, 0.25) is 12.0 Å². The summed E-state index contributed by atoms with van der Waals surface area (Å²) >= 11 is 5.91. The van der Waals surface area contributed by atoms with Crippen LogP contribution in [-0.4, -0.2) is 29.7 Å². The Morgan fingerprint density at radius 3 is 2.64 bits per heavy atom. The Morgan fingerprint density at radius 1 is 1.18 bits per heavy atom. The number of amides is 2. The zero-order valence-electron chi connectivity index (χ0n) is 15.6. The van der Waals surface area contributed by atoms with Crippen LogP contribution in [0.2, 0.25) is 5.02 Å². The van der Waals surface area contributed by atoms with Gasteiger partial charge in [0, 0.05) is 35.8 Å². The van der Waals surface area contributed by atoms with E-state index >= 15 is 0 Å². The maximum Gasteiger partial charge on any atom is 0.268 e. The highest BCUT2D eigenvalue weighted by molar-refractivity contribution is 6.30. The number of oxime groups is 1. The van der Waals surface area contributed by atoms with Gasteiger partial charge in [-0.2, -0.15) is 0 Å². The van der Waals surface area contributed by atoms with Gasteiger partial charge >= 0.3 is 0 Å². The second kappa shape index (κ2) is 7.28. The van der Waals surface area contributed by atoms with Crippen molar-refractivity contribution < 1.29 is 14.4 Å². The summed E-state index contributed by atoms with van der Waals surface area (Å²) in [6.07, 6.45) is 0.488. The minimum absolute atomic E-state index is 0.0225. The molecule has 0 fully saturated rings. The molecule has 144 valence electrons. The third-order valence-electron chi connectivity index (χ3n) is 5.04. The molecule has 0 spiro atoms. The van der Waals surface area contributed by atoms with Gasteiger partial charge in [-0.15, -0.1) is 0 Å². The molecule has 0 saturated heterocycles. The topological polar surface area (TPSA) is 71.0 Å². The van der Waals surface area contributed by atoms with Crippen LogP contribution in [0.4, 0.5) is 11.4 Å². The van der Waals surface area contributed by atoms with Crippen molar-refractivity contribution in [1.29, 1.82) is 0 Å². The summed E-state index contributed by atoms with van der Waals surface area (Å²) in [5.41, 5.74) is 4.24. The first kappa shape index (κ1) is 18.5. The molecule has 2 atom stereocenters.